The van der Waals surface area contributed by atoms with Crippen LogP contribution in [0.1, 0.15) is 28.4 Å². The molecule has 5 aromatic carbocycles. The van der Waals surface area contributed by atoms with E-state index in [2.05, 4.69) is 61.0 Å². The number of carbonyl (C=O) groups excluding carboxylic acids is 1. The Labute approximate surface area is 284 Å². The summed E-state index contributed by atoms with van der Waals surface area (Å²) in [5.74, 6) is 0.862. The summed E-state index contributed by atoms with van der Waals surface area (Å²) in [5, 5.41) is 13.2. The van der Waals surface area contributed by atoms with Gasteiger partial charge in [0, 0.05) is 37.3 Å². The van der Waals surface area contributed by atoms with Crippen molar-refractivity contribution in [2.75, 3.05) is 11.9 Å². The largest absolute Gasteiger partial charge is 0.490 e. The van der Waals surface area contributed by atoms with Crippen LogP contribution in [0.5, 0.6) is 11.5 Å². The van der Waals surface area contributed by atoms with Crippen molar-refractivity contribution in [2.45, 2.75) is 13.5 Å². The first-order valence-corrected chi connectivity index (χ1v) is 16.5. The van der Waals surface area contributed by atoms with Crippen molar-refractivity contribution in [1.82, 2.24) is 10.4 Å². The molecule has 0 bridgehead atoms. The monoisotopic (exact) mass is 710 g/mol. The van der Waals surface area contributed by atoms with Crippen LogP contribution in [0.4, 0.5) is 10.8 Å². The van der Waals surface area contributed by atoms with E-state index >= 15 is 0 Å². The van der Waals surface area contributed by atoms with Crippen molar-refractivity contribution < 1.29 is 14.3 Å². The minimum Gasteiger partial charge on any atom is -0.490 e. The number of hydrazone groups is 1. The molecular formula is C36H28BrClN4O3S. The minimum absolute atomic E-state index is 0.331. The van der Waals surface area contributed by atoms with Crippen LogP contribution < -0.4 is 20.2 Å². The van der Waals surface area contributed by atoms with Gasteiger partial charge in [-0.3, -0.25) is 4.79 Å². The Kier molecular flexibility index (Phi) is 9.93. The molecule has 0 atom stereocenters. The van der Waals surface area contributed by atoms with E-state index in [0.29, 0.717) is 35.3 Å². The molecule has 0 radical (unpaired) electrons. The van der Waals surface area contributed by atoms with Crippen molar-refractivity contribution in [2.24, 2.45) is 5.10 Å². The van der Waals surface area contributed by atoms with Gasteiger partial charge in [0.1, 0.15) is 6.61 Å². The molecule has 0 aliphatic rings. The van der Waals surface area contributed by atoms with Gasteiger partial charge in [-0.2, -0.15) is 5.10 Å². The van der Waals surface area contributed by atoms with Crippen LogP contribution in [0.25, 0.3) is 22.0 Å². The molecule has 0 saturated heterocycles. The Morgan fingerprint density at radius 3 is 2.52 bits per heavy atom. The van der Waals surface area contributed by atoms with Gasteiger partial charge in [-0.1, -0.05) is 66.2 Å². The SMILES string of the molecule is CCOc1cc(/C=N\NC(=O)c2ccc(-c3csc(Nc4ccc(Cl)cc4)n3)cc2)c(Br)cc1OCc1cccc2ccccc12. The fourth-order valence-electron chi connectivity index (χ4n) is 4.74. The molecule has 0 fully saturated rings. The van der Waals surface area contributed by atoms with Gasteiger partial charge in [-0.25, -0.2) is 10.4 Å². The maximum Gasteiger partial charge on any atom is 0.271 e. The van der Waals surface area contributed by atoms with Crippen LogP contribution in [0.2, 0.25) is 5.02 Å². The minimum atomic E-state index is -0.331. The maximum atomic E-state index is 12.8. The molecule has 0 saturated carbocycles. The molecule has 6 rings (SSSR count). The van der Waals surface area contributed by atoms with E-state index in [4.69, 9.17) is 21.1 Å². The third-order valence-corrected chi connectivity index (χ3v) is 8.73. The molecule has 1 amide bonds. The van der Waals surface area contributed by atoms with Crippen LogP contribution in [0.15, 0.2) is 118 Å². The summed E-state index contributed by atoms with van der Waals surface area (Å²) in [5.41, 5.74) is 7.50. The number of amides is 1. The Morgan fingerprint density at radius 1 is 0.957 bits per heavy atom. The molecule has 0 aliphatic carbocycles. The third kappa shape index (κ3) is 7.56. The molecule has 46 heavy (non-hydrogen) atoms. The molecule has 230 valence electrons. The van der Waals surface area contributed by atoms with E-state index < -0.39 is 0 Å². The first-order chi connectivity index (χ1) is 22.5. The van der Waals surface area contributed by atoms with E-state index in [9.17, 15) is 4.79 Å². The van der Waals surface area contributed by atoms with Crippen LogP contribution in [0, 0.1) is 0 Å². The molecule has 0 spiro atoms. The van der Waals surface area contributed by atoms with E-state index in [1.807, 2.05) is 79.0 Å². The van der Waals surface area contributed by atoms with Gasteiger partial charge in [0.05, 0.1) is 18.5 Å². The highest BCUT2D eigenvalue weighted by Gasteiger charge is 2.12. The lowest BCUT2D eigenvalue weighted by Gasteiger charge is -2.15. The highest BCUT2D eigenvalue weighted by molar-refractivity contribution is 9.10. The number of hydrogen-bond donors (Lipinski definition) is 2. The molecule has 0 unspecified atom stereocenters. The number of halogens is 2. The van der Waals surface area contributed by atoms with Gasteiger partial charge in [0.2, 0.25) is 0 Å². The average Bonchev–Trinajstić information content (AvgIpc) is 3.55. The number of aromatic nitrogens is 1. The highest BCUT2D eigenvalue weighted by Crippen LogP contribution is 2.34. The smallest absolute Gasteiger partial charge is 0.271 e. The lowest BCUT2D eigenvalue weighted by atomic mass is 10.1. The quantitative estimate of drug-likeness (QED) is 0.103. The molecule has 10 heteroatoms. The van der Waals surface area contributed by atoms with Crippen LogP contribution in [-0.2, 0) is 6.61 Å². The number of ether oxygens (including phenoxy) is 2. The molecule has 6 aromatic rings. The molecule has 0 aliphatic heterocycles. The number of fused-ring (bicyclic) bond motifs is 1. The molecule has 1 aromatic heterocycles. The van der Waals surface area contributed by atoms with E-state index in [1.165, 1.54) is 11.3 Å². The van der Waals surface area contributed by atoms with Gasteiger partial charge in [0.25, 0.3) is 5.91 Å². The summed E-state index contributed by atoms with van der Waals surface area (Å²) >= 11 is 11.1. The Hall–Kier alpha value is -4.70. The second kappa shape index (κ2) is 14.6. The zero-order valence-electron chi connectivity index (χ0n) is 24.7. The Bertz CT molecular complexity index is 2010. The third-order valence-electron chi connectivity index (χ3n) is 7.04. The van der Waals surface area contributed by atoms with Gasteiger partial charge in [0.15, 0.2) is 16.6 Å². The molecular weight excluding hydrogens is 684 g/mol. The van der Waals surface area contributed by atoms with E-state index in [0.717, 1.165) is 48.4 Å². The first kappa shape index (κ1) is 31.3. The highest BCUT2D eigenvalue weighted by atomic mass is 79.9. The van der Waals surface area contributed by atoms with E-state index in [-0.39, 0.29) is 5.91 Å². The first-order valence-electron chi connectivity index (χ1n) is 14.4. The van der Waals surface area contributed by atoms with Crippen molar-refractivity contribution >= 4 is 72.6 Å². The summed E-state index contributed by atoms with van der Waals surface area (Å²) in [6.45, 7) is 2.78. The van der Waals surface area contributed by atoms with Crippen LogP contribution in [-0.4, -0.2) is 23.7 Å². The van der Waals surface area contributed by atoms with Crippen molar-refractivity contribution in [3.05, 3.63) is 135 Å². The standard InChI is InChI=1S/C36H28BrClN4O3S/c1-2-44-33-18-27(31(37)19-34(33)45-21-26-8-5-7-23-6-3-4-9-30(23)26)20-39-42-35(43)25-12-10-24(11-13-25)32-22-46-36(41-32)40-29-16-14-28(38)15-17-29/h3-20,22H,2,21H2,1H3,(H,40,41)(H,42,43)/b39-20-. The number of anilines is 2. The number of carbonyl (C=O) groups is 1. The predicted molar refractivity (Wildman–Crippen MR) is 191 cm³/mol. The summed E-state index contributed by atoms with van der Waals surface area (Å²) in [4.78, 5) is 17.5. The van der Waals surface area contributed by atoms with Gasteiger partial charge >= 0.3 is 0 Å². The summed E-state index contributed by atoms with van der Waals surface area (Å²) in [6.07, 6.45) is 1.57. The molecule has 2 N–H and O–H groups in total. The number of thiazole rings is 1. The normalized spacial score (nSPS) is 11.1. The zero-order valence-corrected chi connectivity index (χ0v) is 27.8. The predicted octanol–water partition coefficient (Wildman–Crippen LogP) is 9.86. The van der Waals surface area contributed by atoms with Gasteiger partial charge in [-0.05, 0) is 87.7 Å². The maximum absolute atomic E-state index is 12.8. The van der Waals surface area contributed by atoms with Crippen molar-refractivity contribution in [3.8, 4) is 22.8 Å². The Morgan fingerprint density at radius 2 is 1.72 bits per heavy atom. The van der Waals surface area contributed by atoms with Gasteiger partial charge < -0.3 is 14.8 Å². The van der Waals surface area contributed by atoms with Crippen molar-refractivity contribution in [3.63, 3.8) is 0 Å². The Balaban J connectivity index is 1.08. The second-order valence-electron chi connectivity index (χ2n) is 10.1. The van der Waals surface area contributed by atoms with Crippen LogP contribution >= 0.6 is 38.9 Å². The van der Waals surface area contributed by atoms with Crippen molar-refractivity contribution in [1.29, 1.82) is 0 Å². The fraction of sp³-hybridized carbons (Fsp3) is 0.0833. The van der Waals surface area contributed by atoms with Crippen LogP contribution in [0.3, 0.4) is 0 Å². The fourth-order valence-corrected chi connectivity index (χ4v) is 6.03. The molecule has 1 heterocycles. The number of benzene rings is 5. The lowest BCUT2D eigenvalue weighted by Crippen LogP contribution is -2.17. The number of hydrogen-bond acceptors (Lipinski definition) is 7. The molecule has 7 nitrogen and oxygen atoms in total. The average molecular weight is 712 g/mol. The van der Waals surface area contributed by atoms with Gasteiger partial charge in [-0.15, -0.1) is 11.3 Å². The number of rotatable bonds is 11. The second-order valence-corrected chi connectivity index (χ2v) is 12.3. The topological polar surface area (TPSA) is 84.8 Å². The summed E-state index contributed by atoms with van der Waals surface area (Å²) < 4.78 is 12.8. The lowest BCUT2D eigenvalue weighted by molar-refractivity contribution is 0.0955. The number of nitrogens with zero attached hydrogens (tertiary/aromatic N) is 2. The summed E-state index contributed by atoms with van der Waals surface area (Å²) in [7, 11) is 0. The number of nitrogens with one attached hydrogen (secondary N) is 2. The van der Waals surface area contributed by atoms with E-state index in [1.54, 1.807) is 18.3 Å². The summed E-state index contributed by atoms with van der Waals surface area (Å²) in [6, 6.07) is 32.8. The zero-order chi connectivity index (χ0) is 31.9.